The standard InChI is InChI=1S/C56H85N9O14/c1-10-12-26-77-48(69)34-59-51(72)41(28-36(3)4)63-53(74)43(30-38-20-16-14-17-21-38)61-46(67)32-57-45(66)25-24-40(65-55(76)79-56(7,8)9)50(71)58-33-47(68)62-44(31-39-22-18-15-19-23-39)54(75)64-42(29-37(5)6)52(73)60-35-49(70)78-27-13-11-2/h14-23,36-37,40-44H,10-13,24-35H2,1-9H3,(H,57,66)(H,58,71)(H,59,72)(H,60,73)(H,61,67)(H,62,68)(H,63,74)(H,64,75)(H,65,76). The van der Waals surface area contributed by atoms with Gasteiger partial charge in [-0.25, -0.2) is 4.79 Å². The molecule has 438 valence electrons. The molecule has 0 radical (unpaired) electrons. The van der Waals surface area contributed by atoms with Gasteiger partial charge in [0.15, 0.2) is 0 Å². The molecule has 79 heavy (non-hydrogen) atoms. The second-order valence-corrected chi connectivity index (χ2v) is 20.8. The maximum Gasteiger partial charge on any atom is 0.408 e. The Morgan fingerprint density at radius 2 is 0.848 bits per heavy atom. The lowest BCUT2D eigenvalue weighted by atomic mass is 10.0. The van der Waals surface area contributed by atoms with Crippen LogP contribution in [0.1, 0.15) is 125 Å². The van der Waals surface area contributed by atoms with Crippen LogP contribution < -0.4 is 47.9 Å². The van der Waals surface area contributed by atoms with E-state index in [4.69, 9.17) is 14.2 Å². The van der Waals surface area contributed by atoms with Gasteiger partial charge in [-0.15, -0.1) is 0 Å². The van der Waals surface area contributed by atoms with Crippen LogP contribution in [-0.2, 0) is 75.0 Å². The van der Waals surface area contributed by atoms with Crippen molar-refractivity contribution in [3.8, 4) is 0 Å². The molecule has 0 fully saturated rings. The van der Waals surface area contributed by atoms with Crippen molar-refractivity contribution in [1.29, 1.82) is 0 Å². The van der Waals surface area contributed by atoms with Gasteiger partial charge in [-0.1, -0.05) is 115 Å². The van der Waals surface area contributed by atoms with Gasteiger partial charge < -0.3 is 62.1 Å². The number of alkyl carbamates (subject to hydrolysis) is 1. The number of unbranched alkanes of at least 4 members (excludes halogenated alkanes) is 2. The lowest BCUT2D eigenvalue weighted by Gasteiger charge is -2.25. The average Bonchev–Trinajstić information content (AvgIpc) is 3.38. The van der Waals surface area contributed by atoms with Gasteiger partial charge in [-0.3, -0.25) is 47.9 Å². The molecular weight excluding hydrogens is 1020 g/mol. The van der Waals surface area contributed by atoms with Gasteiger partial charge >= 0.3 is 18.0 Å². The Labute approximate surface area is 464 Å². The number of hydrogen-bond acceptors (Lipinski definition) is 14. The van der Waals surface area contributed by atoms with E-state index in [1.165, 1.54) is 0 Å². The highest BCUT2D eigenvalue weighted by atomic mass is 16.6. The van der Waals surface area contributed by atoms with Crippen molar-refractivity contribution in [3.05, 3.63) is 71.8 Å². The van der Waals surface area contributed by atoms with Crippen molar-refractivity contribution in [2.24, 2.45) is 11.8 Å². The van der Waals surface area contributed by atoms with Crippen LogP contribution >= 0.6 is 0 Å². The van der Waals surface area contributed by atoms with E-state index in [1.54, 1.807) is 81.4 Å². The van der Waals surface area contributed by atoms with Gasteiger partial charge in [0, 0.05) is 19.3 Å². The van der Waals surface area contributed by atoms with Gasteiger partial charge in [0.05, 0.1) is 26.3 Å². The third-order valence-electron chi connectivity index (χ3n) is 11.4. The van der Waals surface area contributed by atoms with Crippen LogP contribution in [0.5, 0.6) is 0 Å². The Kier molecular flexibility index (Phi) is 31.2. The molecule has 5 atom stereocenters. The summed E-state index contributed by atoms with van der Waals surface area (Å²) in [6, 6.07) is 11.4. The van der Waals surface area contributed by atoms with Crippen molar-refractivity contribution in [2.75, 3.05) is 39.4 Å². The smallest absolute Gasteiger partial charge is 0.408 e. The normalized spacial score (nSPS) is 12.9. The van der Waals surface area contributed by atoms with Crippen molar-refractivity contribution in [3.63, 3.8) is 0 Å². The van der Waals surface area contributed by atoms with E-state index in [0.717, 1.165) is 12.8 Å². The molecule has 0 spiro atoms. The third kappa shape index (κ3) is 30.2. The van der Waals surface area contributed by atoms with E-state index in [9.17, 15) is 52.7 Å². The van der Waals surface area contributed by atoms with Gasteiger partial charge in [0.1, 0.15) is 48.9 Å². The monoisotopic (exact) mass is 1110 g/mol. The van der Waals surface area contributed by atoms with Gasteiger partial charge in [0.25, 0.3) is 0 Å². The molecule has 0 aliphatic rings. The van der Waals surface area contributed by atoms with E-state index < -0.39 is 134 Å². The summed E-state index contributed by atoms with van der Waals surface area (Å²) in [5, 5.41) is 22.9. The first-order valence-corrected chi connectivity index (χ1v) is 27.1. The molecule has 9 amide bonds. The van der Waals surface area contributed by atoms with E-state index in [0.29, 0.717) is 24.0 Å². The van der Waals surface area contributed by atoms with Crippen molar-refractivity contribution >= 4 is 65.3 Å². The molecule has 0 bridgehead atoms. The molecule has 2 aromatic carbocycles. The first-order chi connectivity index (χ1) is 37.4. The molecule has 2 aromatic rings. The van der Waals surface area contributed by atoms with Gasteiger partial charge in [-0.05, 0) is 75.8 Å². The number of esters is 2. The zero-order valence-electron chi connectivity index (χ0n) is 47.3. The maximum absolute atomic E-state index is 13.9. The number of ether oxygens (including phenoxy) is 3. The molecule has 0 aliphatic carbocycles. The number of amides is 9. The number of rotatable bonds is 35. The molecule has 23 heteroatoms. The SMILES string of the molecule is CCCCOC(=O)CNC(=O)C(CC(C)C)NC(=O)C(Cc1ccccc1)NC(=O)CNC(=O)CCC(NC(=O)OC(C)(C)C)C(=O)NCC(=O)NC(Cc1ccccc1)C(=O)NC(CC(C)C)C(=O)NCC(=O)OCCCC. The number of benzene rings is 2. The van der Waals surface area contributed by atoms with Crippen LogP contribution in [0.2, 0.25) is 0 Å². The fourth-order valence-corrected chi connectivity index (χ4v) is 7.44. The highest BCUT2D eigenvalue weighted by Gasteiger charge is 2.31. The molecule has 0 saturated heterocycles. The van der Waals surface area contributed by atoms with Crippen LogP contribution in [0.15, 0.2) is 60.7 Å². The van der Waals surface area contributed by atoms with Crippen molar-refractivity contribution < 1.29 is 67.0 Å². The summed E-state index contributed by atoms with van der Waals surface area (Å²) in [4.78, 5) is 145. The van der Waals surface area contributed by atoms with Gasteiger partial charge in [0.2, 0.25) is 47.3 Å². The van der Waals surface area contributed by atoms with Gasteiger partial charge in [-0.2, -0.15) is 0 Å². The third-order valence-corrected chi connectivity index (χ3v) is 11.4. The second kappa shape index (κ2) is 36.5. The highest BCUT2D eigenvalue weighted by molar-refractivity contribution is 5.96. The zero-order chi connectivity index (χ0) is 58.9. The lowest BCUT2D eigenvalue weighted by Crippen LogP contribution is -2.56. The maximum atomic E-state index is 13.9. The Balaban J connectivity index is 2.18. The summed E-state index contributed by atoms with van der Waals surface area (Å²) in [5.74, 6) is -7.27. The predicted octanol–water partition coefficient (Wildman–Crippen LogP) is 2.33. The largest absolute Gasteiger partial charge is 0.464 e. The fraction of sp³-hybridized carbons (Fsp3) is 0.589. The van der Waals surface area contributed by atoms with Crippen molar-refractivity contribution in [1.82, 2.24) is 47.9 Å². The topological polar surface area (TPSA) is 324 Å². The minimum absolute atomic E-state index is 0.00949. The number of hydrogen-bond donors (Lipinski definition) is 9. The molecule has 0 heterocycles. The number of carbonyl (C=O) groups is 11. The van der Waals surface area contributed by atoms with Crippen molar-refractivity contribution in [2.45, 2.75) is 162 Å². The summed E-state index contributed by atoms with van der Waals surface area (Å²) in [6.45, 7) is 14.4. The van der Waals surface area contributed by atoms with E-state index in [2.05, 4.69) is 47.9 Å². The second-order valence-electron chi connectivity index (χ2n) is 20.8. The Morgan fingerprint density at radius 3 is 1.24 bits per heavy atom. The highest BCUT2D eigenvalue weighted by Crippen LogP contribution is 2.12. The predicted molar refractivity (Wildman–Crippen MR) is 293 cm³/mol. The summed E-state index contributed by atoms with van der Waals surface area (Å²) in [7, 11) is 0. The Morgan fingerprint density at radius 1 is 0.456 bits per heavy atom. The summed E-state index contributed by atoms with van der Waals surface area (Å²) < 4.78 is 15.6. The molecule has 0 saturated carbocycles. The molecule has 23 nitrogen and oxygen atoms in total. The first-order valence-electron chi connectivity index (χ1n) is 27.1. The molecule has 5 unspecified atom stereocenters. The summed E-state index contributed by atoms with van der Waals surface area (Å²) in [5.41, 5.74) is 0.351. The van der Waals surface area contributed by atoms with Crippen LogP contribution in [0, 0.1) is 11.8 Å². The number of carbonyl (C=O) groups excluding carboxylic acids is 11. The van der Waals surface area contributed by atoms with E-state index >= 15 is 0 Å². The first kappa shape index (κ1) is 67.5. The average molecular weight is 1110 g/mol. The number of nitrogens with one attached hydrogen (secondary N) is 9. The molecular formula is C56H85N9O14. The van der Waals surface area contributed by atoms with E-state index in [-0.39, 0.29) is 57.2 Å². The van der Waals surface area contributed by atoms with Crippen LogP contribution in [0.25, 0.3) is 0 Å². The fourth-order valence-electron chi connectivity index (χ4n) is 7.44. The molecule has 2 rings (SSSR count). The van der Waals surface area contributed by atoms with Crippen LogP contribution in [0.4, 0.5) is 4.79 Å². The summed E-state index contributed by atoms with van der Waals surface area (Å²) >= 11 is 0. The zero-order valence-corrected chi connectivity index (χ0v) is 47.3. The minimum Gasteiger partial charge on any atom is -0.464 e. The molecule has 0 aliphatic heterocycles. The van der Waals surface area contributed by atoms with E-state index in [1.807, 2.05) is 41.5 Å². The quantitative estimate of drug-likeness (QED) is 0.0272. The van der Waals surface area contributed by atoms with Crippen LogP contribution in [-0.4, -0.2) is 140 Å². The molecule has 0 aromatic heterocycles. The minimum atomic E-state index is -1.45. The molecule has 9 N–H and O–H groups in total. The van der Waals surface area contributed by atoms with Crippen LogP contribution in [0.3, 0.4) is 0 Å². The summed E-state index contributed by atoms with van der Waals surface area (Å²) in [6.07, 6.45) is 1.57. The Bertz CT molecular complexity index is 2290. The lowest BCUT2D eigenvalue weighted by molar-refractivity contribution is -0.144. The Hall–Kier alpha value is -7.59.